The van der Waals surface area contributed by atoms with E-state index in [0.29, 0.717) is 0 Å². The van der Waals surface area contributed by atoms with Gasteiger partial charge in [-0.05, 0) is 32.5 Å². The van der Waals surface area contributed by atoms with Gasteiger partial charge < -0.3 is 10.0 Å². The van der Waals surface area contributed by atoms with Gasteiger partial charge in [0.05, 0.1) is 0 Å². The van der Waals surface area contributed by atoms with Gasteiger partial charge in [0.15, 0.2) is 0 Å². The Kier molecular flexibility index (Phi) is 10.4. The quantitative estimate of drug-likeness (QED) is 0.375. The molecule has 0 atom stereocenters. The van der Waals surface area contributed by atoms with E-state index in [4.69, 9.17) is 5.11 Å². The minimum atomic E-state index is -0.976. The Bertz CT molecular complexity index is 166. The summed E-state index contributed by atoms with van der Waals surface area (Å²) < 4.78 is 2.25. The van der Waals surface area contributed by atoms with Gasteiger partial charge in [-0.25, -0.2) is 4.79 Å². The normalized spacial score (nSPS) is 10.6. The Morgan fingerprint density at radius 1 is 1.33 bits per heavy atom. The van der Waals surface area contributed by atoms with Crippen LogP contribution in [0.2, 0.25) is 0 Å². The third-order valence-corrected chi connectivity index (χ3v) is 3.97. The average Bonchev–Trinajstić information content (AvgIpc) is 2.22. The summed E-state index contributed by atoms with van der Waals surface area (Å²) in [6.07, 6.45) is 1.34. The van der Waals surface area contributed by atoms with Crippen LogP contribution in [0.4, 0.5) is 4.79 Å². The van der Waals surface area contributed by atoms with Crippen LogP contribution in [-0.4, -0.2) is 41.5 Å². The van der Waals surface area contributed by atoms with Gasteiger partial charge in [-0.2, -0.15) is 0 Å². The molecule has 0 rings (SSSR count). The van der Waals surface area contributed by atoms with Gasteiger partial charge in [0.25, 0.3) is 0 Å². The van der Waals surface area contributed by atoms with Crippen molar-refractivity contribution >= 4 is 27.9 Å². The molecule has 0 fully saturated rings. The lowest BCUT2D eigenvalue weighted by molar-refractivity contribution is 0.202. The first-order valence-corrected chi connectivity index (χ1v) is 7.52. The van der Waals surface area contributed by atoms with Crippen molar-refractivity contribution in [2.75, 3.05) is 25.4 Å². The van der Waals surface area contributed by atoms with E-state index in [2.05, 4.69) is 23.5 Å². The van der Waals surface area contributed by atoms with Crippen LogP contribution >= 0.6 is 21.8 Å². The van der Waals surface area contributed by atoms with E-state index in [9.17, 15) is 4.79 Å². The third kappa shape index (κ3) is 10.2. The fourth-order valence-electron chi connectivity index (χ4n) is 1.14. The van der Waals surface area contributed by atoms with Crippen LogP contribution in [0.1, 0.15) is 26.7 Å². The molecule has 0 aromatic heterocycles. The molecule has 6 heteroatoms. The molecule has 0 saturated carbocycles. The van der Waals surface area contributed by atoms with Gasteiger partial charge in [-0.15, -0.1) is 0 Å². The molecule has 0 heterocycles. The molecule has 15 heavy (non-hydrogen) atoms. The molecular weight excluding hydrogens is 232 g/mol. The lowest BCUT2D eigenvalue weighted by atomic mass is 10.3. The highest BCUT2D eigenvalue weighted by atomic mass is 33.1. The van der Waals surface area contributed by atoms with Crippen molar-refractivity contribution in [3.8, 4) is 0 Å². The highest BCUT2D eigenvalue weighted by molar-refractivity contribution is 8.76. The molecule has 0 aromatic carbocycles. The fourth-order valence-corrected chi connectivity index (χ4v) is 2.67. The number of nitrogens with one attached hydrogen (secondary N) is 1. The molecule has 0 saturated heterocycles. The van der Waals surface area contributed by atoms with Gasteiger partial charge in [-0.1, -0.05) is 24.6 Å². The first-order chi connectivity index (χ1) is 7.20. The highest BCUT2D eigenvalue weighted by Gasteiger charge is 1.99. The zero-order chi connectivity index (χ0) is 11.5. The largest absolute Gasteiger partial charge is 0.464 e. The molecule has 0 bridgehead atoms. The number of hydrogen-bond donors (Lipinski definition) is 2. The molecule has 0 aliphatic rings. The SMILES string of the molecule is CCN(CC)CCCCSSNC(=O)O. The summed E-state index contributed by atoms with van der Waals surface area (Å²) in [7, 11) is 2.74. The van der Waals surface area contributed by atoms with Crippen molar-refractivity contribution < 1.29 is 9.90 Å². The number of rotatable bonds is 9. The van der Waals surface area contributed by atoms with Gasteiger partial charge >= 0.3 is 6.09 Å². The summed E-state index contributed by atoms with van der Waals surface area (Å²) in [6.45, 7) is 7.71. The van der Waals surface area contributed by atoms with Crippen LogP contribution < -0.4 is 4.72 Å². The van der Waals surface area contributed by atoms with Gasteiger partial charge in [0.2, 0.25) is 0 Å². The standard InChI is InChI=1S/C9H20N2O2S2/c1-3-11(4-2)7-5-6-8-14-15-10-9(12)13/h10H,3-8H2,1-2H3,(H,12,13). The number of carboxylic acid groups (broad SMARTS) is 1. The minimum Gasteiger partial charge on any atom is -0.464 e. The number of unbranched alkanes of at least 4 members (excludes halogenated alkanes) is 1. The number of hydrogen-bond acceptors (Lipinski definition) is 4. The maximum atomic E-state index is 10.1. The Hall–Kier alpha value is -0.0700. The molecule has 0 spiro atoms. The summed E-state index contributed by atoms with van der Waals surface area (Å²) in [4.78, 5) is 12.5. The summed E-state index contributed by atoms with van der Waals surface area (Å²) in [5.41, 5.74) is 0. The monoisotopic (exact) mass is 252 g/mol. The second kappa shape index (κ2) is 10.4. The smallest absolute Gasteiger partial charge is 0.415 e. The lowest BCUT2D eigenvalue weighted by Gasteiger charge is -2.17. The first-order valence-electron chi connectivity index (χ1n) is 5.20. The number of amides is 1. The fraction of sp³-hybridized carbons (Fsp3) is 0.889. The van der Waals surface area contributed by atoms with Crippen LogP contribution in [0.15, 0.2) is 0 Å². The van der Waals surface area contributed by atoms with Crippen molar-refractivity contribution in [1.29, 1.82) is 0 Å². The van der Waals surface area contributed by atoms with Crippen LogP contribution in [-0.2, 0) is 0 Å². The van der Waals surface area contributed by atoms with Crippen molar-refractivity contribution in [2.24, 2.45) is 0 Å². The third-order valence-electron chi connectivity index (χ3n) is 2.03. The van der Waals surface area contributed by atoms with E-state index in [1.165, 1.54) is 17.4 Å². The zero-order valence-corrected chi connectivity index (χ0v) is 11.0. The summed E-state index contributed by atoms with van der Waals surface area (Å²) in [5, 5.41) is 8.30. The Morgan fingerprint density at radius 3 is 2.53 bits per heavy atom. The van der Waals surface area contributed by atoms with E-state index in [1.807, 2.05) is 0 Å². The molecule has 4 nitrogen and oxygen atoms in total. The Morgan fingerprint density at radius 2 is 2.00 bits per heavy atom. The van der Waals surface area contributed by atoms with Crippen LogP contribution in [0.5, 0.6) is 0 Å². The van der Waals surface area contributed by atoms with E-state index >= 15 is 0 Å². The van der Waals surface area contributed by atoms with Gasteiger partial charge in [0.1, 0.15) is 0 Å². The van der Waals surface area contributed by atoms with Gasteiger partial charge in [0, 0.05) is 16.7 Å². The zero-order valence-electron chi connectivity index (χ0n) is 9.36. The Balaban J connectivity index is 3.14. The van der Waals surface area contributed by atoms with E-state index < -0.39 is 6.09 Å². The van der Waals surface area contributed by atoms with Crippen molar-refractivity contribution in [3.05, 3.63) is 0 Å². The summed E-state index contributed by atoms with van der Waals surface area (Å²) in [5.74, 6) is 0.992. The van der Waals surface area contributed by atoms with Crippen LogP contribution in [0.3, 0.4) is 0 Å². The average molecular weight is 252 g/mol. The topological polar surface area (TPSA) is 52.6 Å². The van der Waals surface area contributed by atoms with E-state index in [-0.39, 0.29) is 0 Å². The minimum absolute atomic E-state index is 0.976. The Labute approximate surface area is 99.7 Å². The van der Waals surface area contributed by atoms with Crippen LogP contribution in [0, 0.1) is 0 Å². The van der Waals surface area contributed by atoms with Crippen molar-refractivity contribution in [1.82, 2.24) is 9.62 Å². The number of nitrogens with zero attached hydrogens (tertiary/aromatic N) is 1. The lowest BCUT2D eigenvalue weighted by Crippen LogP contribution is -2.23. The summed E-state index contributed by atoms with van der Waals surface area (Å²) >= 11 is 0. The molecular formula is C9H20N2O2S2. The maximum Gasteiger partial charge on any atom is 0.415 e. The molecule has 0 aromatic rings. The molecule has 0 aliphatic carbocycles. The summed E-state index contributed by atoms with van der Waals surface area (Å²) in [6, 6.07) is 0. The predicted octanol–water partition coefficient (Wildman–Crippen LogP) is 2.67. The highest BCUT2D eigenvalue weighted by Crippen LogP contribution is 2.18. The first kappa shape index (κ1) is 14.9. The van der Waals surface area contributed by atoms with Crippen LogP contribution in [0.25, 0.3) is 0 Å². The second-order valence-corrected chi connectivity index (χ2v) is 5.27. The van der Waals surface area contributed by atoms with E-state index in [1.54, 1.807) is 10.8 Å². The second-order valence-electron chi connectivity index (χ2n) is 3.05. The number of carbonyl (C=O) groups is 1. The van der Waals surface area contributed by atoms with Gasteiger partial charge in [-0.3, -0.25) is 4.72 Å². The maximum absolute atomic E-state index is 10.1. The molecule has 90 valence electrons. The molecule has 2 N–H and O–H groups in total. The molecule has 1 amide bonds. The predicted molar refractivity (Wildman–Crippen MR) is 68.2 cm³/mol. The van der Waals surface area contributed by atoms with E-state index in [0.717, 1.165) is 31.8 Å². The molecule has 0 unspecified atom stereocenters. The van der Waals surface area contributed by atoms with Crippen molar-refractivity contribution in [2.45, 2.75) is 26.7 Å². The molecule has 0 radical (unpaired) electrons. The van der Waals surface area contributed by atoms with Crippen molar-refractivity contribution in [3.63, 3.8) is 0 Å². The molecule has 0 aliphatic heterocycles.